The molecule has 0 aromatic carbocycles. The Morgan fingerprint density at radius 2 is 1.82 bits per heavy atom. The lowest BCUT2D eigenvalue weighted by Crippen LogP contribution is -2.38. The average Bonchev–Trinajstić information content (AvgIpc) is 2.30. The van der Waals surface area contributed by atoms with Gasteiger partial charge in [0.25, 0.3) is 0 Å². The van der Waals surface area contributed by atoms with Crippen molar-refractivity contribution in [1.29, 1.82) is 0 Å². The highest BCUT2D eigenvalue weighted by Crippen LogP contribution is 2.40. The lowest BCUT2D eigenvalue weighted by Gasteiger charge is -2.30. The summed E-state index contributed by atoms with van der Waals surface area (Å²) in [5.41, 5.74) is 0. The summed E-state index contributed by atoms with van der Waals surface area (Å²) in [7, 11) is 0. The van der Waals surface area contributed by atoms with Crippen LogP contribution in [0.4, 0.5) is 0 Å². The maximum atomic E-state index is 8.86. The standard InChI is InChI=1S/C9H17NO/c11-4-3-9-7-1-2-8(9)6-10-5-7/h7-11H,1-6H2/t7-,8-/m1/s1. The van der Waals surface area contributed by atoms with Crippen LogP contribution in [0.2, 0.25) is 0 Å². The molecular weight excluding hydrogens is 138 g/mol. The highest BCUT2D eigenvalue weighted by Gasteiger charge is 2.37. The molecule has 0 aromatic rings. The minimum absolute atomic E-state index is 0.387. The van der Waals surface area contributed by atoms with E-state index in [9.17, 15) is 0 Å². The van der Waals surface area contributed by atoms with Crippen LogP contribution < -0.4 is 5.32 Å². The fraction of sp³-hybridized carbons (Fsp3) is 1.00. The third-order valence-electron chi connectivity index (χ3n) is 3.39. The van der Waals surface area contributed by atoms with E-state index in [2.05, 4.69) is 5.32 Å². The highest BCUT2D eigenvalue weighted by molar-refractivity contribution is 4.90. The second-order valence-corrected chi connectivity index (χ2v) is 3.93. The van der Waals surface area contributed by atoms with Gasteiger partial charge in [-0.05, 0) is 50.1 Å². The molecule has 2 fully saturated rings. The number of aliphatic hydroxyl groups excluding tert-OH is 1. The summed E-state index contributed by atoms with van der Waals surface area (Å²) in [5.74, 6) is 2.59. The summed E-state index contributed by atoms with van der Waals surface area (Å²) in [6.07, 6.45) is 3.82. The van der Waals surface area contributed by atoms with E-state index in [1.54, 1.807) is 0 Å². The zero-order valence-corrected chi connectivity index (χ0v) is 6.92. The predicted octanol–water partition coefficient (Wildman–Crippen LogP) is 0.614. The molecule has 2 aliphatic rings. The van der Waals surface area contributed by atoms with Crippen molar-refractivity contribution in [2.24, 2.45) is 17.8 Å². The van der Waals surface area contributed by atoms with Crippen LogP contribution >= 0.6 is 0 Å². The monoisotopic (exact) mass is 155 g/mol. The second-order valence-electron chi connectivity index (χ2n) is 3.93. The molecule has 0 aromatic heterocycles. The maximum absolute atomic E-state index is 8.86. The van der Waals surface area contributed by atoms with E-state index in [4.69, 9.17) is 5.11 Å². The van der Waals surface area contributed by atoms with Gasteiger partial charge in [0.1, 0.15) is 0 Å². The molecule has 1 aliphatic heterocycles. The highest BCUT2D eigenvalue weighted by atomic mass is 16.3. The Kier molecular flexibility index (Phi) is 2.14. The molecule has 2 heteroatoms. The zero-order valence-electron chi connectivity index (χ0n) is 6.92. The Morgan fingerprint density at radius 3 is 2.36 bits per heavy atom. The number of hydrogen-bond donors (Lipinski definition) is 2. The molecule has 2 bridgehead atoms. The molecule has 2 N–H and O–H groups in total. The van der Waals surface area contributed by atoms with Crippen molar-refractivity contribution >= 4 is 0 Å². The summed E-state index contributed by atoms with van der Waals surface area (Å²) < 4.78 is 0. The maximum Gasteiger partial charge on any atom is 0.0433 e. The first-order valence-electron chi connectivity index (χ1n) is 4.73. The van der Waals surface area contributed by atoms with Gasteiger partial charge in [0.15, 0.2) is 0 Å². The Hall–Kier alpha value is -0.0800. The van der Waals surface area contributed by atoms with Gasteiger partial charge in [0.05, 0.1) is 0 Å². The SMILES string of the molecule is OCCC1[C@@H]2CC[C@@H]1CNC2. The van der Waals surface area contributed by atoms with Gasteiger partial charge in [0, 0.05) is 6.61 Å². The van der Waals surface area contributed by atoms with Gasteiger partial charge in [-0.3, -0.25) is 0 Å². The quantitative estimate of drug-likeness (QED) is 0.612. The average molecular weight is 155 g/mol. The Morgan fingerprint density at radius 1 is 1.18 bits per heavy atom. The normalized spacial score (nSPS) is 42.8. The first-order chi connectivity index (χ1) is 5.42. The molecule has 2 atom stereocenters. The third-order valence-corrected chi connectivity index (χ3v) is 3.39. The predicted molar refractivity (Wildman–Crippen MR) is 44.3 cm³/mol. The molecular formula is C9H17NO. The van der Waals surface area contributed by atoms with Crippen LogP contribution in [-0.2, 0) is 0 Å². The van der Waals surface area contributed by atoms with E-state index in [0.717, 1.165) is 24.2 Å². The third kappa shape index (κ3) is 1.30. The molecule has 0 radical (unpaired) electrons. The van der Waals surface area contributed by atoms with Gasteiger partial charge in [-0.1, -0.05) is 0 Å². The van der Waals surface area contributed by atoms with Gasteiger partial charge in [-0.15, -0.1) is 0 Å². The molecule has 0 unspecified atom stereocenters. The Bertz CT molecular complexity index is 122. The minimum atomic E-state index is 0.387. The van der Waals surface area contributed by atoms with Crippen molar-refractivity contribution in [2.75, 3.05) is 19.7 Å². The molecule has 1 aliphatic carbocycles. The molecule has 11 heavy (non-hydrogen) atoms. The molecule has 0 amide bonds. The molecule has 1 saturated heterocycles. The van der Waals surface area contributed by atoms with Gasteiger partial charge in [0.2, 0.25) is 0 Å². The topological polar surface area (TPSA) is 32.3 Å². The molecule has 1 heterocycles. The summed E-state index contributed by atoms with van der Waals surface area (Å²) in [6, 6.07) is 0. The minimum Gasteiger partial charge on any atom is -0.396 e. The van der Waals surface area contributed by atoms with Crippen LogP contribution in [0.1, 0.15) is 19.3 Å². The number of rotatable bonds is 2. The summed E-state index contributed by atoms with van der Waals surface area (Å²) >= 11 is 0. The molecule has 2 nitrogen and oxygen atoms in total. The first kappa shape index (κ1) is 7.56. The van der Waals surface area contributed by atoms with Crippen LogP contribution in [0.3, 0.4) is 0 Å². The van der Waals surface area contributed by atoms with Crippen LogP contribution in [0.5, 0.6) is 0 Å². The largest absolute Gasteiger partial charge is 0.396 e. The molecule has 0 spiro atoms. The lowest BCUT2D eigenvalue weighted by molar-refractivity contribution is 0.179. The van der Waals surface area contributed by atoms with E-state index >= 15 is 0 Å². The molecule has 1 saturated carbocycles. The summed E-state index contributed by atoms with van der Waals surface area (Å²) in [6.45, 7) is 2.78. The van der Waals surface area contributed by atoms with E-state index in [1.807, 2.05) is 0 Å². The number of hydrogen-bond acceptors (Lipinski definition) is 2. The van der Waals surface area contributed by atoms with Crippen LogP contribution in [0.25, 0.3) is 0 Å². The van der Waals surface area contributed by atoms with Crippen molar-refractivity contribution in [2.45, 2.75) is 19.3 Å². The summed E-state index contributed by atoms with van der Waals surface area (Å²) in [4.78, 5) is 0. The number of piperidine rings is 1. The smallest absolute Gasteiger partial charge is 0.0433 e. The van der Waals surface area contributed by atoms with Gasteiger partial charge in [-0.25, -0.2) is 0 Å². The second kappa shape index (κ2) is 3.11. The Balaban J connectivity index is 1.97. The van der Waals surface area contributed by atoms with Crippen molar-refractivity contribution < 1.29 is 5.11 Å². The van der Waals surface area contributed by atoms with Gasteiger partial charge in [-0.2, -0.15) is 0 Å². The van der Waals surface area contributed by atoms with Crippen LogP contribution in [0.15, 0.2) is 0 Å². The van der Waals surface area contributed by atoms with Gasteiger partial charge < -0.3 is 10.4 Å². The Labute approximate surface area is 68.0 Å². The summed E-state index contributed by atoms with van der Waals surface area (Å²) in [5, 5.41) is 12.3. The number of aliphatic hydroxyl groups is 1. The van der Waals surface area contributed by atoms with E-state index < -0.39 is 0 Å². The first-order valence-corrected chi connectivity index (χ1v) is 4.73. The van der Waals surface area contributed by atoms with Gasteiger partial charge >= 0.3 is 0 Å². The van der Waals surface area contributed by atoms with Crippen molar-refractivity contribution in [3.05, 3.63) is 0 Å². The van der Waals surface area contributed by atoms with Crippen molar-refractivity contribution in [3.63, 3.8) is 0 Å². The number of nitrogens with one attached hydrogen (secondary N) is 1. The van der Waals surface area contributed by atoms with Crippen LogP contribution in [-0.4, -0.2) is 24.8 Å². The fourth-order valence-corrected chi connectivity index (χ4v) is 2.82. The van der Waals surface area contributed by atoms with E-state index in [-0.39, 0.29) is 0 Å². The molecule has 64 valence electrons. The van der Waals surface area contributed by atoms with Crippen molar-refractivity contribution in [1.82, 2.24) is 5.32 Å². The van der Waals surface area contributed by atoms with E-state index in [0.29, 0.717) is 6.61 Å². The fourth-order valence-electron chi connectivity index (χ4n) is 2.82. The van der Waals surface area contributed by atoms with Crippen molar-refractivity contribution in [3.8, 4) is 0 Å². The lowest BCUT2D eigenvalue weighted by atomic mass is 9.84. The van der Waals surface area contributed by atoms with Crippen LogP contribution in [0, 0.1) is 17.8 Å². The van der Waals surface area contributed by atoms with E-state index in [1.165, 1.54) is 25.9 Å². The zero-order chi connectivity index (χ0) is 7.68. The molecule has 2 rings (SSSR count). The number of fused-ring (bicyclic) bond motifs is 2.